The van der Waals surface area contributed by atoms with Crippen LogP contribution in [0.15, 0.2) is 16.3 Å². The Kier molecular flexibility index (Phi) is 2.18. The molecule has 2 N–H and O–H groups in total. The van der Waals surface area contributed by atoms with Crippen molar-refractivity contribution in [2.24, 2.45) is 4.99 Å². The lowest BCUT2D eigenvalue weighted by molar-refractivity contribution is 0.885. The molecular weight excluding hydrogens is 212 g/mol. The van der Waals surface area contributed by atoms with Gasteiger partial charge >= 0.3 is 0 Å². The number of nitrogens with zero attached hydrogens (tertiary/aromatic N) is 2. The van der Waals surface area contributed by atoms with Gasteiger partial charge in [-0.1, -0.05) is 6.92 Å². The number of aliphatic imine (C=N–C) groups is 1. The molecule has 1 aromatic heterocycles. The number of rotatable bonds is 1. The van der Waals surface area contributed by atoms with Crippen molar-refractivity contribution in [2.75, 3.05) is 0 Å². The lowest BCUT2D eigenvalue weighted by atomic mass is 10.1. The third-order valence-electron chi connectivity index (χ3n) is 3.26. The van der Waals surface area contributed by atoms with Crippen LogP contribution < -0.4 is 16.0 Å². The van der Waals surface area contributed by atoms with Gasteiger partial charge in [-0.15, -0.1) is 0 Å². The van der Waals surface area contributed by atoms with Crippen LogP contribution in [-0.4, -0.2) is 21.8 Å². The Labute approximate surface area is 99.9 Å². The summed E-state index contributed by atoms with van der Waals surface area (Å²) >= 11 is 0. The van der Waals surface area contributed by atoms with E-state index in [2.05, 4.69) is 46.3 Å². The summed E-state index contributed by atoms with van der Waals surface area (Å²) in [6.07, 6.45) is 5.19. The third kappa shape index (κ3) is 1.60. The van der Waals surface area contributed by atoms with Crippen LogP contribution in [0.1, 0.15) is 26.1 Å². The van der Waals surface area contributed by atoms with Gasteiger partial charge in [0.05, 0.1) is 16.7 Å². The Balaban J connectivity index is 2.23. The van der Waals surface area contributed by atoms with Gasteiger partial charge in [-0.2, -0.15) is 0 Å². The summed E-state index contributed by atoms with van der Waals surface area (Å²) in [7, 11) is 0. The number of nitrogens with one attached hydrogen (secondary N) is 2. The minimum absolute atomic E-state index is 0.126. The van der Waals surface area contributed by atoms with E-state index in [9.17, 15) is 0 Å². The van der Waals surface area contributed by atoms with E-state index in [0.29, 0.717) is 0 Å². The summed E-state index contributed by atoms with van der Waals surface area (Å²) in [4.78, 5) is 12.5. The second kappa shape index (κ2) is 3.58. The number of H-pyrrole nitrogens is 1. The number of aryl methyl sites for hydroxylation is 1. The monoisotopic (exact) mass is 228 g/mol. The summed E-state index contributed by atoms with van der Waals surface area (Å²) in [5, 5.41) is 5.45. The van der Waals surface area contributed by atoms with Crippen molar-refractivity contribution < 1.29 is 0 Å². The summed E-state index contributed by atoms with van der Waals surface area (Å²) in [6, 6.07) is 0.126. The van der Waals surface area contributed by atoms with Gasteiger partial charge in [0.25, 0.3) is 0 Å². The molecule has 1 aliphatic heterocycles. The molecule has 4 nitrogen and oxygen atoms in total. The van der Waals surface area contributed by atoms with Crippen LogP contribution in [0.2, 0.25) is 0 Å². The molecule has 2 bridgehead atoms. The van der Waals surface area contributed by atoms with Gasteiger partial charge in [-0.25, -0.2) is 4.98 Å². The number of aromatic amines is 1. The SMILES string of the molecule is CCC1=NC2C=c3nc(C)[nH]c3=CC(=C2C)N1. The van der Waals surface area contributed by atoms with Crippen LogP contribution >= 0.6 is 0 Å². The minimum Gasteiger partial charge on any atom is -0.344 e. The summed E-state index contributed by atoms with van der Waals surface area (Å²) in [6.45, 7) is 6.21. The average Bonchev–Trinajstić information content (AvgIpc) is 2.61. The lowest BCUT2D eigenvalue weighted by Crippen LogP contribution is -2.30. The molecule has 2 aliphatic rings. The number of fused-ring (bicyclic) bond motifs is 2. The number of hydrogen-bond donors (Lipinski definition) is 2. The molecule has 2 heterocycles. The van der Waals surface area contributed by atoms with Crippen LogP contribution in [0.3, 0.4) is 0 Å². The predicted molar refractivity (Wildman–Crippen MR) is 68.9 cm³/mol. The fourth-order valence-electron chi connectivity index (χ4n) is 2.26. The molecule has 1 unspecified atom stereocenters. The lowest BCUT2D eigenvalue weighted by Gasteiger charge is -2.21. The van der Waals surface area contributed by atoms with Crippen LogP contribution in [-0.2, 0) is 0 Å². The zero-order chi connectivity index (χ0) is 12.0. The number of imidazole rings is 1. The van der Waals surface area contributed by atoms with E-state index in [1.807, 2.05) is 6.92 Å². The Morgan fingerprint density at radius 2 is 2.18 bits per heavy atom. The van der Waals surface area contributed by atoms with Crippen molar-refractivity contribution in [1.29, 1.82) is 0 Å². The Morgan fingerprint density at radius 1 is 1.35 bits per heavy atom. The number of aromatic nitrogens is 2. The zero-order valence-corrected chi connectivity index (χ0v) is 10.3. The van der Waals surface area contributed by atoms with E-state index in [4.69, 9.17) is 0 Å². The van der Waals surface area contributed by atoms with Crippen LogP contribution in [0.25, 0.3) is 12.2 Å². The quantitative estimate of drug-likeness (QED) is 0.728. The van der Waals surface area contributed by atoms with Crippen molar-refractivity contribution in [2.45, 2.75) is 33.2 Å². The molecule has 88 valence electrons. The van der Waals surface area contributed by atoms with Crippen molar-refractivity contribution in [3.63, 3.8) is 0 Å². The van der Waals surface area contributed by atoms with E-state index < -0.39 is 0 Å². The van der Waals surface area contributed by atoms with Gasteiger partial charge in [0, 0.05) is 12.1 Å². The maximum atomic E-state index is 4.69. The van der Waals surface area contributed by atoms with Gasteiger partial charge in [0.15, 0.2) is 0 Å². The van der Waals surface area contributed by atoms with Gasteiger partial charge in [0.2, 0.25) is 0 Å². The molecule has 1 aliphatic carbocycles. The third-order valence-corrected chi connectivity index (χ3v) is 3.26. The molecule has 0 spiro atoms. The summed E-state index contributed by atoms with van der Waals surface area (Å²) < 4.78 is 0. The first-order valence-corrected chi connectivity index (χ1v) is 5.98. The molecule has 0 amide bonds. The second-order valence-electron chi connectivity index (χ2n) is 4.53. The molecule has 0 saturated heterocycles. The zero-order valence-electron chi connectivity index (χ0n) is 10.3. The predicted octanol–water partition coefficient (Wildman–Crippen LogP) is 0.347. The standard InChI is InChI=1S/C13H16N4/c1-4-13-16-9-5-11-12(15-8(3)14-11)6-10(17-13)7(9)2/h5-6,9H,4H2,1-3H3,(H,14,15)(H,16,17). The first-order chi connectivity index (χ1) is 8.17. The van der Waals surface area contributed by atoms with Crippen molar-refractivity contribution in [3.05, 3.63) is 27.8 Å². The molecule has 0 fully saturated rings. The fourth-order valence-corrected chi connectivity index (χ4v) is 2.26. The maximum absolute atomic E-state index is 4.69. The van der Waals surface area contributed by atoms with Crippen molar-refractivity contribution >= 4 is 18.0 Å². The number of allylic oxidation sites excluding steroid dienone is 1. The summed E-state index contributed by atoms with van der Waals surface area (Å²) in [5.74, 6) is 1.99. The van der Waals surface area contributed by atoms with E-state index >= 15 is 0 Å². The second-order valence-corrected chi connectivity index (χ2v) is 4.53. The molecular formula is C13H16N4. The highest BCUT2D eigenvalue weighted by atomic mass is 15.0. The molecule has 1 aromatic rings. The topological polar surface area (TPSA) is 53.1 Å². The first-order valence-electron chi connectivity index (χ1n) is 5.98. The number of hydrogen-bond acceptors (Lipinski definition) is 3. The van der Waals surface area contributed by atoms with Gasteiger partial charge in [-0.05, 0) is 31.6 Å². The molecule has 0 radical (unpaired) electrons. The van der Waals surface area contributed by atoms with E-state index in [-0.39, 0.29) is 6.04 Å². The number of amidine groups is 1. The fraction of sp³-hybridized carbons (Fsp3) is 0.385. The Hall–Kier alpha value is -1.84. The van der Waals surface area contributed by atoms with Crippen LogP contribution in [0.5, 0.6) is 0 Å². The highest BCUT2D eigenvalue weighted by Gasteiger charge is 2.19. The Morgan fingerprint density at radius 3 is 2.94 bits per heavy atom. The van der Waals surface area contributed by atoms with E-state index in [1.54, 1.807) is 0 Å². The largest absolute Gasteiger partial charge is 0.344 e. The molecule has 0 aromatic carbocycles. The van der Waals surface area contributed by atoms with Crippen LogP contribution in [0, 0.1) is 6.92 Å². The maximum Gasteiger partial charge on any atom is 0.104 e. The van der Waals surface area contributed by atoms with Gasteiger partial charge in [-0.3, -0.25) is 4.99 Å². The average molecular weight is 228 g/mol. The molecule has 17 heavy (non-hydrogen) atoms. The first kappa shape index (κ1) is 10.3. The highest BCUT2D eigenvalue weighted by Crippen LogP contribution is 2.18. The smallest absolute Gasteiger partial charge is 0.104 e. The van der Waals surface area contributed by atoms with Crippen LogP contribution in [0.4, 0.5) is 0 Å². The minimum atomic E-state index is 0.126. The van der Waals surface area contributed by atoms with Crippen molar-refractivity contribution in [3.8, 4) is 0 Å². The van der Waals surface area contributed by atoms with E-state index in [1.165, 1.54) is 5.57 Å². The normalized spacial score (nSPS) is 21.8. The van der Waals surface area contributed by atoms with Crippen molar-refractivity contribution in [1.82, 2.24) is 15.3 Å². The van der Waals surface area contributed by atoms with Gasteiger partial charge in [0.1, 0.15) is 11.7 Å². The van der Waals surface area contributed by atoms with E-state index in [0.717, 1.165) is 34.5 Å². The molecule has 1 atom stereocenters. The highest BCUT2D eigenvalue weighted by molar-refractivity contribution is 5.88. The van der Waals surface area contributed by atoms with Gasteiger partial charge < -0.3 is 10.3 Å². The molecule has 0 saturated carbocycles. The molecule has 4 heteroatoms. The molecule has 3 rings (SSSR count). The Bertz CT molecular complexity index is 645. The summed E-state index contributed by atoms with van der Waals surface area (Å²) in [5.41, 5.74) is 2.41.